The number of hydrogen-bond donors (Lipinski definition) is 1. The lowest BCUT2D eigenvalue weighted by Gasteiger charge is -2.35. The Labute approximate surface area is 108 Å². The molecule has 2 heterocycles. The van der Waals surface area contributed by atoms with Crippen LogP contribution in [-0.4, -0.2) is 54.0 Å². The maximum absolute atomic E-state index is 12.1. The smallest absolute Gasteiger partial charge is 0.321 e. The van der Waals surface area contributed by atoms with E-state index in [9.17, 15) is 4.79 Å². The predicted octanol–water partition coefficient (Wildman–Crippen LogP) is 1.64. The summed E-state index contributed by atoms with van der Waals surface area (Å²) in [5, 5.41) is 2.88. The van der Waals surface area contributed by atoms with Crippen LogP contribution in [0.1, 0.15) is 12.8 Å². The monoisotopic (exact) mass is 248 g/mol. The molecule has 2 amide bonds. The Morgan fingerprint density at radius 2 is 2.00 bits per heavy atom. The van der Waals surface area contributed by atoms with E-state index in [0.29, 0.717) is 6.04 Å². The number of anilines is 1. The van der Waals surface area contributed by atoms with Gasteiger partial charge >= 0.3 is 6.03 Å². The zero-order chi connectivity index (χ0) is 13.0. The lowest BCUT2D eigenvalue weighted by Crippen LogP contribution is -2.46. The fourth-order valence-electron chi connectivity index (χ4n) is 2.19. The Kier molecular flexibility index (Phi) is 4.15. The zero-order valence-electron chi connectivity index (χ0n) is 11.0. The molecule has 18 heavy (non-hydrogen) atoms. The van der Waals surface area contributed by atoms with Crippen molar-refractivity contribution in [3.63, 3.8) is 0 Å². The van der Waals surface area contributed by atoms with Crippen molar-refractivity contribution in [2.75, 3.05) is 32.5 Å². The van der Waals surface area contributed by atoms with Crippen LogP contribution in [0.3, 0.4) is 0 Å². The van der Waals surface area contributed by atoms with Crippen LogP contribution in [0.4, 0.5) is 10.5 Å². The third-order valence-corrected chi connectivity index (χ3v) is 3.49. The zero-order valence-corrected chi connectivity index (χ0v) is 11.0. The molecule has 0 unspecified atom stereocenters. The molecule has 1 aliphatic rings. The third-order valence-electron chi connectivity index (χ3n) is 3.49. The number of aromatic nitrogens is 1. The van der Waals surface area contributed by atoms with Gasteiger partial charge in [0, 0.05) is 31.2 Å². The summed E-state index contributed by atoms with van der Waals surface area (Å²) in [5.41, 5.74) is 0.787. The lowest BCUT2D eigenvalue weighted by atomic mass is 10.0. The SMILES string of the molecule is CN1CCC(N(C)C(=O)Nc2ccncc2)CC1. The van der Waals surface area contributed by atoms with Crippen molar-refractivity contribution < 1.29 is 4.79 Å². The van der Waals surface area contributed by atoms with Crippen molar-refractivity contribution in [2.24, 2.45) is 0 Å². The van der Waals surface area contributed by atoms with Crippen molar-refractivity contribution in [3.05, 3.63) is 24.5 Å². The minimum absolute atomic E-state index is 0.0456. The fourth-order valence-corrected chi connectivity index (χ4v) is 2.19. The predicted molar refractivity (Wildman–Crippen MR) is 71.5 cm³/mol. The van der Waals surface area contributed by atoms with E-state index >= 15 is 0 Å². The second-order valence-electron chi connectivity index (χ2n) is 4.81. The molecule has 0 spiro atoms. The summed E-state index contributed by atoms with van der Waals surface area (Å²) >= 11 is 0. The van der Waals surface area contributed by atoms with E-state index in [1.54, 1.807) is 24.5 Å². The summed E-state index contributed by atoms with van der Waals surface area (Å²) in [6.45, 7) is 2.11. The minimum Gasteiger partial charge on any atom is -0.325 e. The third kappa shape index (κ3) is 3.20. The Morgan fingerprint density at radius 1 is 1.39 bits per heavy atom. The summed E-state index contributed by atoms with van der Waals surface area (Å²) < 4.78 is 0. The largest absolute Gasteiger partial charge is 0.325 e. The quantitative estimate of drug-likeness (QED) is 0.865. The summed E-state index contributed by atoms with van der Waals surface area (Å²) in [7, 11) is 3.99. The highest BCUT2D eigenvalue weighted by atomic mass is 16.2. The average Bonchev–Trinajstić information content (AvgIpc) is 2.40. The van der Waals surface area contributed by atoms with Crippen molar-refractivity contribution in [1.82, 2.24) is 14.8 Å². The number of nitrogens with zero attached hydrogens (tertiary/aromatic N) is 3. The standard InChI is InChI=1S/C13H20N4O/c1-16-9-5-12(6-10-16)17(2)13(18)15-11-3-7-14-8-4-11/h3-4,7-8,12H,5-6,9-10H2,1-2H3,(H,14,15,18). The molecule has 1 aliphatic heterocycles. The topological polar surface area (TPSA) is 48.5 Å². The highest BCUT2D eigenvalue weighted by Crippen LogP contribution is 2.15. The molecule has 2 rings (SSSR count). The summed E-state index contributed by atoms with van der Waals surface area (Å²) in [6, 6.07) is 3.87. The number of carbonyl (C=O) groups excluding carboxylic acids is 1. The van der Waals surface area contributed by atoms with Gasteiger partial charge in [0.2, 0.25) is 0 Å². The first-order chi connectivity index (χ1) is 8.66. The molecule has 0 radical (unpaired) electrons. The van der Waals surface area contributed by atoms with Crippen LogP contribution in [0.2, 0.25) is 0 Å². The number of likely N-dealkylation sites (tertiary alicyclic amines) is 1. The van der Waals surface area contributed by atoms with Crippen LogP contribution in [0.5, 0.6) is 0 Å². The number of urea groups is 1. The first-order valence-electron chi connectivity index (χ1n) is 6.29. The number of nitrogens with one attached hydrogen (secondary N) is 1. The molecule has 5 nitrogen and oxygen atoms in total. The molecule has 0 atom stereocenters. The van der Waals surface area contributed by atoms with Gasteiger partial charge < -0.3 is 15.1 Å². The Bertz CT molecular complexity index is 387. The molecule has 1 fully saturated rings. The van der Waals surface area contributed by atoms with E-state index in [1.807, 2.05) is 11.9 Å². The first-order valence-corrected chi connectivity index (χ1v) is 6.29. The van der Waals surface area contributed by atoms with Crippen molar-refractivity contribution in [2.45, 2.75) is 18.9 Å². The summed E-state index contributed by atoms with van der Waals surface area (Å²) in [5.74, 6) is 0. The molecule has 5 heteroatoms. The van der Waals surface area contributed by atoms with Gasteiger partial charge in [-0.25, -0.2) is 4.79 Å². The molecule has 98 valence electrons. The molecule has 1 aromatic rings. The van der Waals surface area contributed by atoms with Gasteiger partial charge in [0.25, 0.3) is 0 Å². The van der Waals surface area contributed by atoms with E-state index in [-0.39, 0.29) is 6.03 Å². The number of carbonyl (C=O) groups is 1. The van der Waals surface area contributed by atoms with Gasteiger partial charge in [-0.1, -0.05) is 0 Å². The van der Waals surface area contributed by atoms with Crippen LogP contribution in [0, 0.1) is 0 Å². The molecule has 0 aromatic carbocycles. The molecule has 0 saturated carbocycles. The molecule has 1 N–H and O–H groups in total. The maximum Gasteiger partial charge on any atom is 0.321 e. The highest BCUT2D eigenvalue weighted by molar-refractivity contribution is 5.89. The number of pyridine rings is 1. The van der Waals surface area contributed by atoms with Gasteiger partial charge in [-0.15, -0.1) is 0 Å². The van der Waals surface area contributed by atoms with Crippen LogP contribution >= 0.6 is 0 Å². The van der Waals surface area contributed by atoms with E-state index in [4.69, 9.17) is 0 Å². The lowest BCUT2D eigenvalue weighted by molar-refractivity contribution is 0.156. The van der Waals surface area contributed by atoms with Crippen LogP contribution in [0.25, 0.3) is 0 Å². The first kappa shape index (κ1) is 12.8. The van der Waals surface area contributed by atoms with Crippen LogP contribution in [-0.2, 0) is 0 Å². The number of rotatable bonds is 2. The van der Waals surface area contributed by atoms with E-state index in [2.05, 4.69) is 22.2 Å². The number of hydrogen-bond acceptors (Lipinski definition) is 3. The normalized spacial score (nSPS) is 17.4. The van der Waals surface area contributed by atoms with E-state index in [0.717, 1.165) is 31.6 Å². The van der Waals surface area contributed by atoms with Gasteiger partial charge in [0.05, 0.1) is 0 Å². The Morgan fingerprint density at radius 3 is 2.61 bits per heavy atom. The number of piperidine rings is 1. The average molecular weight is 248 g/mol. The second-order valence-corrected chi connectivity index (χ2v) is 4.81. The Hall–Kier alpha value is -1.62. The summed E-state index contributed by atoms with van der Waals surface area (Å²) in [6.07, 6.45) is 5.42. The second kappa shape index (κ2) is 5.82. The van der Waals surface area contributed by atoms with Crippen molar-refractivity contribution >= 4 is 11.7 Å². The molecular formula is C13H20N4O. The highest BCUT2D eigenvalue weighted by Gasteiger charge is 2.23. The fraction of sp³-hybridized carbons (Fsp3) is 0.538. The van der Waals surface area contributed by atoms with Gasteiger partial charge in [0.15, 0.2) is 0 Å². The maximum atomic E-state index is 12.1. The molecule has 1 saturated heterocycles. The van der Waals surface area contributed by atoms with Gasteiger partial charge in [-0.05, 0) is 45.1 Å². The number of amides is 2. The van der Waals surface area contributed by atoms with E-state index < -0.39 is 0 Å². The molecule has 0 aliphatic carbocycles. The van der Waals surface area contributed by atoms with Gasteiger partial charge in [0.1, 0.15) is 0 Å². The van der Waals surface area contributed by atoms with Crippen LogP contribution in [0.15, 0.2) is 24.5 Å². The molecule has 0 bridgehead atoms. The van der Waals surface area contributed by atoms with Crippen molar-refractivity contribution in [3.8, 4) is 0 Å². The Balaban J connectivity index is 1.89. The molecular weight excluding hydrogens is 228 g/mol. The molecule has 1 aromatic heterocycles. The minimum atomic E-state index is -0.0456. The van der Waals surface area contributed by atoms with Gasteiger partial charge in [-0.2, -0.15) is 0 Å². The summed E-state index contributed by atoms with van der Waals surface area (Å²) in [4.78, 5) is 20.1. The van der Waals surface area contributed by atoms with E-state index in [1.165, 1.54) is 0 Å². The van der Waals surface area contributed by atoms with Crippen LogP contribution < -0.4 is 5.32 Å². The van der Waals surface area contributed by atoms with Gasteiger partial charge in [-0.3, -0.25) is 4.98 Å². The van der Waals surface area contributed by atoms with Crippen molar-refractivity contribution in [1.29, 1.82) is 0 Å².